The molecule has 0 unspecified atom stereocenters. The van der Waals surface area contributed by atoms with Gasteiger partial charge in [-0.25, -0.2) is 9.36 Å². The number of fused-ring (bicyclic) bond motifs is 3. The van der Waals surface area contributed by atoms with Gasteiger partial charge in [0.1, 0.15) is 17.1 Å². The molecule has 0 saturated carbocycles. The molecule has 0 atom stereocenters. The smallest absolute Gasteiger partial charge is 0.419 e. The van der Waals surface area contributed by atoms with Crippen LogP contribution in [0.15, 0.2) is 60.7 Å². The van der Waals surface area contributed by atoms with Crippen molar-refractivity contribution < 1.29 is 19.0 Å². The van der Waals surface area contributed by atoms with Crippen LogP contribution in [0.1, 0.15) is 20.8 Å². The zero-order valence-electron chi connectivity index (χ0n) is 17.9. The van der Waals surface area contributed by atoms with E-state index in [0.29, 0.717) is 5.75 Å². The summed E-state index contributed by atoms with van der Waals surface area (Å²) < 4.78 is 18.4. The summed E-state index contributed by atoms with van der Waals surface area (Å²) in [4.78, 5) is 13.3. The topological polar surface area (TPSA) is 49.7 Å². The number of para-hydroxylation sites is 1. The standard InChI is InChI=1S/C25H25NO4/c1-25(2,3)30-24(27)26-20-9-7-6-8-18(20)19-14-15-21(29-5)22(23(19)26)16-10-12-17(28-4)13-11-16/h6-15H,1-5H3. The molecule has 5 heteroatoms. The second kappa shape index (κ2) is 7.41. The number of hydrogen-bond acceptors (Lipinski definition) is 4. The van der Waals surface area contributed by atoms with E-state index in [9.17, 15) is 4.79 Å². The summed E-state index contributed by atoms with van der Waals surface area (Å²) in [6, 6.07) is 19.5. The summed E-state index contributed by atoms with van der Waals surface area (Å²) in [6.07, 6.45) is -0.420. The Bertz CT molecular complexity index is 1230. The lowest BCUT2D eigenvalue weighted by Crippen LogP contribution is -2.27. The molecular formula is C25H25NO4. The van der Waals surface area contributed by atoms with E-state index in [2.05, 4.69) is 0 Å². The highest BCUT2D eigenvalue weighted by molar-refractivity contribution is 6.17. The zero-order chi connectivity index (χ0) is 21.5. The summed E-state index contributed by atoms with van der Waals surface area (Å²) in [6.45, 7) is 5.59. The van der Waals surface area contributed by atoms with Crippen LogP contribution in [0.3, 0.4) is 0 Å². The second-order valence-corrected chi connectivity index (χ2v) is 8.10. The fourth-order valence-corrected chi connectivity index (χ4v) is 3.74. The van der Waals surface area contributed by atoms with Gasteiger partial charge in [-0.1, -0.05) is 30.3 Å². The summed E-state index contributed by atoms with van der Waals surface area (Å²) >= 11 is 0. The van der Waals surface area contributed by atoms with Crippen molar-refractivity contribution in [1.29, 1.82) is 0 Å². The maximum atomic E-state index is 13.3. The average molecular weight is 403 g/mol. The SMILES string of the molecule is COc1ccc(-c2c(OC)ccc3c4ccccc4n(C(=O)OC(C)(C)C)c23)cc1. The van der Waals surface area contributed by atoms with Crippen molar-refractivity contribution >= 4 is 27.9 Å². The Labute approximate surface area is 175 Å². The summed E-state index contributed by atoms with van der Waals surface area (Å²) in [5.41, 5.74) is 2.69. The maximum Gasteiger partial charge on any atom is 0.419 e. The van der Waals surface area contributed by atoms with E-state index in [1.54, 1.807) is 18.8 Å². The lowest BCUT2D eigenvalue weighted by Gasteiger charge is -2.21. The fraction of sp³-hybridized carbons (Fsp3) is 0.240. The molecule has 1 aromatic heterocycles. The first-order chi connectivity index (χ1) is 14.3. The number of rotatable bonds is 3. The van der Waals surface area contributed by atoms with Crippen molar-refractivity contribution in [3.05, 3.63) is 60.7 Å². The van der Waals surface area contributed by atoms with Gasteiger partial charge in [-0.2, -0.15) is 0 Å². The highest BCUT2D eigenvalue weighted by Crippen LogP contribution is 2.42. The summed E-state index contributed by atoms with van der Waals surface area (Å²) in [5, 5.41) is 1.94. The van der Waals surface area contributed by atoms with Crippen molar-refractivity contribution in [3.8, 4) is 22.6 Å². The normalized spacial score (nSPS) is 11.6. The number of benzene rings is 3. The first-order valence-electron chi connectivity index (χ1n) is 9.82. The van der Waals surface area contributed by atoms with Gasteiger partial charge in [0, 0.05) is 16.3 Å². The number of aromatic nitrogens is 1. The van der Waals surface area contributed by atoms with E-state index in [1.807, 2.05) is 81.4 Å². The van der Waals surface area contributed by atoms with Gasteiger partial charge in [-0.15, -0.1) is 0 Å². The van der Waals surface area contributed by atoms with Crippen LogP contribution in [-0.4, -0.2) is 30.5 Å². The van der Waals surface area contributed by atoms with E-state index in [-0.39, 0.29) is 0 Å². The minimum atomic E-state index is -0.617. The highest BCUT2D eigenvalue weighted by atomic mass is 16.6. The van der Waals surface area contributed by atoms with Gasteiger partial charge in [0.25, 0.3) is 0 Å². The second-order valence-electron chi connectivity index (χ2n) is 8.10. The molecule has 4 aromatic rings. The Morgan fingerprint density at radius 3 is 2.17 bits per heavy atom. The van der Waals surface area contributed by atoms with E-state index < -0.39 is 11.7 Å². The molecule has 0 amide bonds. The third-order valence-electron chi connectivity index (χ3n) is 4.97. The molecule has 0 saturated heterocycles. The zero-order valence-corrected chi connectivity index (χ0v) is 17.9. The highest BCUT2D eigenvalue weighted by Gasteiger charge is 2.25. The van der Waals surface area contributed by atoms with E-state index in [1.165, 1.54) is 0 Å². The molecule has 0 aliphatic heterocycles. The molecule has 0 aliphatic rings. The number of carbonyl (C=O) groups excluding carboxylic acids is 1. The molecule has 0 spiro atoms. The van der Waals surface area contributed by atoms with Gasteiger partial charge in [-0.05, 0) is 56.7 Å². The average Bonchev–Trinajstić information content (AvgIpc) is 3.06. The fourth-order valence-electron chi connectivity index (χ4n) is 3.74. The largest absolute Gasteiger partial charge is 0.497 e. The van der Waals surface area contributed by atoms with Crippen molar-refractivity contribution in [3.63, 3.8) is 0 Å². The van der Waals surface area contributed by atoms with Crippen molar-refractivity contribution in [2.24, 2.45) is 0 Å². The Hall–Kier alpha value is -3.47. The first kappa shape index (κ1) is 19.8. The van der Waals surface area contributed by atoms with E-state index >= 15 is 0 Å². The Kier molecular flexibility index (Phi) is 4.90. The number of methoxy groups -OCH3 is 2. The van der Waals surface area contributed by atoms with Crippen molar-refractivity contribution in [2.75, 3.05) is 14.2 Å². The molecule has 0 fully saturated rings. The van der Waals surface area contributed by atoms with Crippen molar-refractivity contribution in [2.45, 2.75) is 26.4 Å². The minimum Gasteiger partial charge on any atom is -0.497 e. The third-order valence-corrected chi connectivity index (χ3v) is 4.97. The Morgan fingerprint density at radius 2 is 1.53 bits per heavy atom. The maximum absolute atomic E-state index is 13.3. The Balaban J connectivity index is 2.10. The van der Waals surface area contributed by atoms with Crippen LogP contribution in [0.2, 0.25) is 0 Å². The number of carbonyl (C=O) groups is 1. The van der Waals surface area contributed by atoms with Gasteiger partial charge in [0.15, 0.2) is 0 Å². The van der Waals surface area contributed by atoms with Crippen LogP contribution in [0, 0.1) is 0 Å². The van der Waals surface area contributed by atoms with Gasteiger partial charge < -0.3 is 14.2 Å². The molecule has 154 valence electrons. The Morgan fingerprint density at radius 1 is 0.833 bits per heavy atom. The quantitative estimate of drug-likeness (QED) is 0.405. The molecule has 30 heavy (non-hydrogen) atoms. The number of hydrogen-bond donors (Lipinski definition) is 0. The molecule has 4 rings (SSSR count). The molecule has 0 N–H and O–H groups in total. The van der Waals surface area contributed by atoms with Gasteiger partial charge in [0.2, 0.25) is 0 Å². The van der Waals surface area contributed by atoms with Gasteiger partial charge in [-0.3, -0.25) is 0 Å². The first-order valence-corrected chi connectivity index (χ1v) is 9.82. The number of nitrogens with zero attached hydrogens (tertiary/aromatic N) is 1. The third kappa shape index (κ3) is 3.36. The number of ether oxygens (including phenoxy) is 3. The van der Waals surface area contributed by atoms with Crippen LogP contribution >= 0.6 is 0 Å². The molecule has 1 heterocycles. The lowest BCUT2D eigenvalue weighted by atomic mass is 10.0. The van der Waals surface area contributed by atoms with Crippen LogP contribution in [0.25, 0.3) is 32.9 Å². The van der Waals surface area contributed by atoms with Crippen LogP contribution in [-0.2, 0) is 4.74 Å². The lowest BCUT2D eigenvalue weighted by molar-refractivity contribution is 0.0551. The van der Waals surface area contributed by atoms with E-state index in [4.69, 9.17) is 14.2 Å². The predicted molar refractivity (Wildman–Crippen MR) is 120 cm³/mol. The van der Waals surface area contributed by atoms with Crippen LogP contribution in [0.5, 0.6) is 11.5 Å². The molecular weight excluding hydrogens is 378 g/mol. The van der Waals surface area contributed by atoms with Gasteiger partial charge >= 0.3 is 6.09 Å². The van der Waals surface area contributed by atoms with Crippen LogP contribution in [0.4, 0.5) is 4.79 Å². The predicted octanol–water partition coefficient (Wildman–Crippen LogP) is 6.26. The monoisotopic (exact) mass is 403 g/mol. The molecule has 5 nitrogen and oxygen atoms in total. The van der Waals surface area contributed by atoms with Gasteiger partial charge in [0.05, 0.1) is 25.3 Å². The van der Waals surface area contributed by atoms with E-state index in [0.717, 1.165) is 38.7 Å². The van der Waals surface area contributed by atoms with Crippen LogP contribution < -0.4 is 9.47 Å². The summed E-state index contributed by atoms with van der Waals surface area (Å²) in [7, 11) is 3.27. The molecule has 3 aromatic carbocycles. The minimum absolute atomic E-state index is 0.420. The molecule has 0 radical (unpaired) electrons. The molecule has 0 bridgehead atoms. The summed E-state index contributed by atoms with van der Waals surface area (Å²) in [5.74, 6) is 1.44. The molecule has 0 aliphatic carbocycles. The van der Waals surface area contributed by atoms with Crippen molar-refractivity contribution in [1.82, 2.24) is 4.57 Å².